The van der Waals surface area contributed by atoms with Gasteiger partial charge in [-0.1, -0.05) is 6.92 Å². The van der Waals surface area contributed by atoms with Crippen molar-refractivity contribution in [2.45, 2.75) is 13.3 Å². The molecule has 2 heterocycles. The first-order valence-electron chi connectivity index (χ1n) is 6.32. The lowest BCUT2D eigenvalue weighted by Gasteiger charge is -2.11. The maximum atomic E-state index is 12.2. The van der Waals surface area contributed by atoms with Crippen LogP contribution >= 0.6 is 11.3 Å². The Morgan fingerprint density at radius 1 is 1.47 bits per heavy atom. The summed E-state index contributed by atoms with van der Waals surface area (Å²) in [5, 5.41) is 13.7. The highest BCUT2D eigenvalue weighted by molar-refractivity contribution is 7.12. The Labute approximate surface area is 116 Å². The normalized spacial score (nSPS) is 12.3. The summed E-state index contributed by atoms with van der Waals surface area (Å²) >= 11 is 1.44. The van der Waals surface area contributed by atoms with Crippen molar-refractivity contribution in [2.75, 3.05) is 13.2 Å². The summed E-state index contributed by atoms with van der Waals surface area (Å²) in [6.07, 6.45) is 4.55. The van der Waals surface area contributed by atoms with Gasteiger partial charge in [-0.2, -0.15) is 0 Å². The van der Waals surface area contributed by atoms with Gasteiger partial charge < -0.3 is 15.0 Å². The third-order valence-corrected chi connectivity index (χ3v) is 3.87. The summed E-state index contributed by atoms with van der Waals surface area (Å²) in [7, 11) is 0. The molecular weight excluding hydrogens is 260 g/mol. The number of carbonyl (C=O) groups is 1. The van der Waals surface area contributed by atoms with Crippen molar-refractivity contribution in [3.05, 3.63) is 40.8 Å². The van der Waals surface area contributed by atoms with Crippen molar-refractivity contribution in [1.29, 1.82) is 0 Å². The predicted octanol–water partition coefficient (Wildman–Crippen LogP) is 2.29. The molecule has 5 heteroatoms. The number of carbonyl (C=O) groups excluding carboxylic acids is 1. The van der Waals surface area contributed by atoms with Crippen LogP contribution in [0, 0.1) is 5.92 Å². The van der Waals surface area contributed by atoms with E-state index in [1.54, 1.807) is 0 Å². The lowest BCUT2D eigenvalue weighted by Crippen LogP contribution is -2.28. The van der Waals surface area contributed by atoms with Gasteiger partial charge in [0.2, 0.25) is 0 Å². The average Bonchev–Trinajstić information content (AvgIpc) is 3.05. The fraction of sp³-hybridized carbons (Fsp3) is 0.357. The first kappa shape index (κ1) is 13.8. The fourth-order valence-electron chi connectivity index (χ4n) is 1.84. The van der Waals surface area contributed by atoms with Crippen LogP contribution in [-0.4, -0.2) is 28.7 Å². The molecule has 0 saturated heterocycles. The van der Waals surface area contributed by atoms with Gasteiger partial charge in [0.25, 0.3) is 5.91 Å². The number of nitrogens with one attached hydrogen (secondary N) is 1. The van der Waals surface area contributed by atoms with Crippen LogP contribution in [0.25, 0.3) is 5.69 Å². The zero-order valence-electron chi connectivity index (χ0n) is 10.9. The smallest absolute Gasteiger partial charge is 0.263 e. The minimum Gasteiger partial charge on any atom is -0.396 e. The molecule has 1 amide bonds. The molecule has 0 bridgehead atoms. The van der Waals surface area contributed by atoms with Crippen molar-refractivity contribution in [3.63, 3.8) is 0 Å². The van der Waals surface area contributed by atoms with Gasteiger partial charge in [-0.3, -0.25) is 4.79 Å². The molecular formula is C14H18N2O2S. The molecule has 102 valence electrons. The monoisotopic (exact) mass is 278 g/mol. The molecule has 0 spiro atoms. The summed E-state index contributed by atoms with van der Waals surface area (Å²) in [4.78, 5) is 12.9. The van der Waals surface area contributed by atoms with E-state index in [9.17, 15) is 4.79 Å². The van der Waals surface area contributed by atoms with Gasteiger partial charge in [0, 0.05) is 25.5 Å². The molecule has 2 N–H and O–H groups in total. The predicted molar refractivity (Wildman–Crippen MR) is 76.8 cm³/mol. The van der Waals surface area contributed by atoms with Gasteiger partial charge in [-0.05, 0) is 35.9 Å². The van der Waals surface area contributed by atoms with E-state index < -0.39 is 0 Å². The molecule has 1 atom stereocenters. The third kappa shape index (κ3) is 3.45. The van der Waals surface area contributed by atoms with E-state index >= 15 is 0 Å². The topological polar surface area (TPSA) is 54.3 Å². The number of aromatic nitrogens is 1. The van der Waals surface area contributed by atoms with Gasteiger partial charge in [-0.25, -0.2) is 0 Å². The third-order valence-electron chi connectivity index (χ3n) is 2.97. The summed E-state index contributed by atoms with van der Waals surface area (Å²) in [6, 6.07) is 5.81. The first-order valence-corrected chi connectivity index (χ1v) is 7.20. The van der Waals surface area contributed by atoms with Crippen molar-refractivity contribution >= 4 is 17.2 Å². The number of aliphatic hydroxyl groups excluding tert-OH is 1. The van der Waals surface area contributed by atoms with Crippen molar-refractivity contribution < 1.29 is 9.90 Å². The van der Waals surface area contributed by atoms with Crippen LogP contribution in [0.1, 0.15) is 23.0 Å². The number of rotatable bonds is 6. The Bertz CT molecular complexity index is 519. The van der Waals surface area contributed by atoms with Gasteiger partial charge in [-0.15, -0.1) is 11.3 Å². The Kier molecular flexibility index (Phi) is 4.76. The SMILES string of the molecule is CC(CCO)CNC(=O)c1sccc1-n1cccc1. The fourth-order valence-corrected chi connectivity index (χ4v) is 2.65. The quantitative estimate of drug-likeness (QED) is 0.852. The molecule has 0 aliphatic heterocycles. The molecule has 4 nitrogen and oxygen atoms in total. The van der Waals surface area contributed by atoms with Crippen LogP contribution in [0.3, 0.4) is 0 Å². The summed E-state index contributed by atoms with van der Waals surface area (Å²) in [6.45, 7) is 2.75. The summed E-state index contributed by atoms with van der Waals surface area (Å²) in [5.41, 5.74) is 0.905. The zero-order valence-corrected chi connectivity index (χ0v) is 11.7. The van der Waals surface area contributed by atoms with E-state index in [2.05, 4.69) is 5.32 Å². The van der Waals surface area contributed by atoms with E-state index in [1.165, 1.54) is 11.3 Å². The molecule has 0 aromatic carbocycles. The van der Waals surface area contributed by atoms with E-state index in [-0.39, 0.29) is 18.4 Å². The second-order valence-corrected chi connectivity index (χ2v) is 5.47. The largest absolute Gasteiger partial charge is 0.396 e. The Morgan fingerprint density at radius 3 is 2.89 bits per heavy atom. The maximum Gasteiger partial charge on any atom is 0.263 e. The van der Waals surface area contributed by atoms with E-state index in [0.717, 1.165) is 5.69 Å². The molecule has 2 aromatic rings. The second kappa shape index (κ2) is 6.54. The average molecular weight is 278 g/mol. The molecule has 2 aromatic heterocycles. The minimum atomic E-state index is -0.0523. The van der Waals surface area contributed by atoms with E-state index in [4.69, 9.17) is 5.11 Å². The summed E-state index contributed by atoms with van der Waals surface area (Å²) < 4.78 is 1.93. The molecule has 0 aliphatic carbocycles. The van der Waals surface area contributed by atoms with Crippen LogP contribution in [0.15, 0.2) is 36.0 Å². The Morgan fingerprint density at radius 2 is 2.21 bits per heavy atom. The van der Waals surface area contributed by atoms with Crippen LogP contribution in [0.2, 0.25) is 0 Å². The molecule has 19 heavy (non-hydrogen) atoms. The van der Waals surface area contributed by atoms with Gasteiger partial charge in [0.15, 0.2) is 0 Å². The van der Waals surface area contributed by atoms with Crippen LogP contribution in [0.4, 0.5) is 0 Å². The summed E-state index contributed by atoms with van der Waals surface area (Å²) in [5.74, 6) is 0.229. The highest BCUT2D eigenvalue weighted by Crippen LogP contribution is 2.21. The van der Waals surface area contributed by atoms with Gasteiger partial charge in [0.05, 0.1) is 5.69 Å². The van der Waals surface area contributed by atoms with Crippen molar-refractivity contribution in [1.82, 2.24) is 9.88 Å². The Hall–Kier alpha value is -1.59. The standard InChI is InChI=1S/C14H18N2O2S/c1-11(4-8-17)10-15-14(18)13-12(5-9-19-13)16-6-2-3-7-16/h2-3,5-7,9,11,17H,4,8,10H2,1H3,(H,15,18). The number of thiophene rings is 1. The number of hydrogen-bond donors (Lipinski definition) is 2. The highest BCUT2D eigenvalue weighted by atomic mass is 32.1. The molecule has 2 rings (SSSR count). The molecule has 0 saturated carbocycles. The number of nitrogens with zero attached hydrogens (tertiary/aromatic N) is 1. The lowest BCUT2D eigenvalue weighted by molar-refractivity contribution is 0.0949. The minimum absolute atomic E-state index is 0.0523. The highest BCUT2D eigenvalue weighted by Gasteiger charge is 2.14. The molecule has 0 aliphatic rings. The molecule has 0 radical (unpaired) electrons. The zero-order chi connectivity index (χ0) is 13.7. The van der Waals surface area contributed by atoms with E-state index in [1.807, 2.05) is 47.5 Å². The van der Waals surface area contributed by atoms with Crippen LogP contribution < -0.4 is 5.32 Å². The van der Waals surface area contributed by atoms with Crippen molar-refractivity contribution in [3.8, 4) is 5.69 Å². The second-order valence-electron chi connectivity index (χ2n) is 4.55. The van der Waals surface area contributed by atoms with Gasteiger partial charge >= 0.3 is 0 Å². The number of amides is 1. The number of aliphatic hydroxyl groups is 1. The van der Waals surface area contributed by atoms with Crippen LogP contribution in [0.5, 0.6) is 0 Å². The molecule has 0 fully saturated rings. The first-order chi connectivity index (χ1) is 9.22. The van der Waals surface area contributed by atoms with Crippen molar-refractivity contribution in [2.24, 2.45) is 5.92 Å². The lowest BCUT2D eigenvalue weighted by atomic mass is 10.1. The van der Waals surface area contributed by atoms with Gasteiger partial charge in [0.1, 0.15) is 4.88 Å². The molecule has 1 unspecified atom stereocenters. The maximum absolute atomic E-state index is 12.2. The van der Waals surface area contributed by atoms with E-state index in [0.29, 0.717) is 17.8 Å². The number of hydrogen-bond acceptors (Lipinski definition) is 3. The Balaban J connectivity index is 2.02. The van der Waals surface area contributed by atoms with Crippen LogP contribution in [-0.2, 0) is 0 Å².